The predicted octanol–water partition coefficient (Wildman–Crippen LogP) is 5.33. The summed E-state index contributed by atoms with van der Waals surface area (Å²) >= 11 is 0. The summed E-state index contributed by atoms with van der Waals surface area (Å²) in [6.45, 7) is 4.50. The van der Waals surface area contributed by atoms with Gasteiger partial charge < -0.3 is 19.2 Å². The van der Waals surface area contributed by atoms with Gasteiger partial charge >= 0.3 is 11.7 Å². The van der Waals surface area contributed by atoms with E-state index in [1.165, 1.54) is 19.8 Å². The summed E-state index contributed by atoms with van der Waals surface area (Å²) in [4.78, 5) is 25.2. The third kappa shape index (κ3) is 4.37. The number of aliphatic hydroxyl groups is 1. The van der Waals surface area contributed by atoms with Crippen molar-refractivity contribution in [3.8, 4) is 0 Å². The van der Waals surface area contributed by atoms with Crippen molar-refractivity contribution in [3.05, 3.63) is 34.4 Å². The van der Waals surface area contributed by atoms with E-state index in [4.69, 9.17) is 9.15 Å². The van der Waals surface area contributed by atoms with Crippen molar-refractivity contribution in [1.82, 2.24) is 4.90 Å². The minimum atomic E-state index is -0.725. The first kappa shape index (κ1) is 25.1. The summed E-state index contributed by atoms with van der Waals surface area (Å²) in [5.41, 5.74) is -0.614. The number of nitrogens with zero attached hydrogens (tertiary/aromatic N) is 1. The first-order valence-corrected chi connectivity index (χ1v) is 13.2. The Morgan fingerprint density at radius 3 is 2.71 bits per heavy atom. The van der Waals surface area contributed by atoms with Crippen molar-refractivity contribution >= 4 is 6.09 Å². The fraction of sp³-hybridized carbons (Fsp3) is 0.786. The molecular formula is C28H41NO5. The molecule has 1 amide bonds. The van der Waals surface area contributed by atoms with E-state index in [9.17, 15) is 14.7 Å². The van der Waals surface area contributed by atoms with E-state index in [0.29, 0.717) is 11.8 Å². The molecule has 0 aromatic carbocycles. The zero-order valence-corrected chi connectivity index (χ0v) is 21.3. The molecule has 0 aliphatic heterocycles. The van der Waals surface area contributed by atoms with Gasteiger partial charge in [0, 0.05) is 36.1 Å². The standard InChI is InChI=1S/C28H41NO5/c1-5-20-13-15-27(2)23(21-10-12-25(30)34-18-21)14-16-28(27,32)24(20)11-9-19-7-6-8-22(17-19)29(3)26(31)33-4/h18-20,22-24,32H,5-9,11,13-17H2,1-4H3/t19?,20-,22?,23+,24+,27+,28?/m0/s1. The smallest absolute Gasteiger partial charge is 0.409 e. The van der Waals surface area contributed by atoms with Crippen molar-refractivity contribution in [1.29, 1.82) is 0 Å². The maximum atomic E-state index is 12.3. The molecule has 34 heavy (non-hydrogen) atoms. The van der Waals surface area contributed by atoms with Crippen LogP contribution in [-0.4, -0.2) is 41.9 Å². The number of methoxy groups -OCH3 is 1. The molecule has 6 heteroatoms. The Hall–Kier alpha value is -2.00. The summed E-state index contributed by atoms with van der Waals surface area (Å²) in [5, 5.41) is 12.3. The van der Waals surface area contributed by atoms with Crippen LogP contribution in [0.4, 0.5) is 4.79 Å². The summed E-state index contributed by atoms with van der Waals surface area (Å²) in [5.74, 6) is 1.49. The Labute approximate surface area is 204 Å². The third-order valence-corrected chi connectivity index (χ3v) is 9.94. The van der Waals surface area contributed by atoms with Crippen molar-refractivity contribution in [2.45, 2.75) is 102 Å². The highest BCUT2D eigenvalue weighted by molar-refractivity contribution is 5.67. The second-order valence-electron chi connectivity index (χ2n) is 11.3. The van der Waals surface area contributed by atoms with Crippen molar-refractivity contribution < 1.29 is 19.1 Å². The molecule has 7 atom stereocenters. The van der Waals surface area contributed by atoms with E-state index < -0.39 is 11.2 Å². The van der Waals surface area contributed by atoms with Crippen LogP contribution in [0.5, 0.6) is 0 Å². The lowest BCUT2D eigenvalue weighted by atomic mass is 9.53. The summed E-state index contributed by atoms with van der Waals surface area (Å²) in [7, 11) is 3.29. The Morgan fingerprint density at radius 2 is 2.03 bits per heavy atom. The lowest BCUT2D eigenvalue weighted by molar-refractivity contribution is -0.155. The zero-order valence-electron chi connectivity index (χ0n) is 21.3. The van der Waals surface area contributed by atoms with Crippen LogP contribution in [0.15, 0.2) is 15.5 Å². The van der Waals surface area contributed by atoms with Gasteiger partial charge in [-0.2, -0.15) is 0 Å². The van der Waals surface area contributed by atoms with E-state index in [1.54, 1.807) is 4.90 Å². The quantitative estimate of drug-likeness (QED) is 0.607. The summed E-state index contributed by atoms with van der Waals surface area (Å²) < 4.78 is 10.1. The van der Waals surface area contributed by atoms with Gasteiger partial charge in [0.05, 0.1) is 12.7 Å². The monoisotopic (exact) mass is 471 g/mol. The van der Waals surface area contributed by atoms with E-state index >= 15 is 0 Å². The van der Waals surface area contributed by atoms with E-state index in [1.807, 2.05) is 7.05 Å². The molecular weight excluding hydrogens is 430 g/mol. The van der Waals surface area contributed by atoms with Gasteiger partial charge in [-0.3, -0.25) is 0 Å². The fourth-order valence-corrected chi connectivity index (χ4v) is 7.86. The molecule has 188 valence electrons. The summed E-state index contributed by atoms with van der Waals surface area (Å²) in [6, 6.07) is 5.82. The molecule has 0 bridgehead atoms. The van der Waals surface area contributed by atoms with Crippen LogP contribution < -0.4 is 5.63 Å². The molecule has 3 fully saturated rings. The van der Waals surface area contributed by atoms with Crippen LogP contribution in [-0.2, 0) is 4.74 Å². The second kappa shape index (κ2) is 9.93. The summed E-state index contributed by atoms with van der Waals surface area (Å²) in [6.07, 6.45) is 12.6. The molecule has 3 saturated carbocycles. The maximum Gasteiger partial charge on any atom is 0.409 e. The fourth-order valence-electron chi connectivity index (χ4n) is 7.86. The van der Waals surface area contributed by atoms with Gasteiger partial charge in [-0.1, -0.05) is 39.2 Å². The SMILES string of the molecule is CC[C@H]1CC[C@]2(C)[C@@H](c3c#cc(=O)oc3)CCC2(O)[C@@H]1CCC1CCCC(N(C)C(=O)OC)C1. The molecule has 1 aromatic heterocycles. The van der Waals surface area contributed by atoms with Crippen molar-refractivity contribution in [3.63, 3.8) is 0 Å². The van der Waals surface area contributed by atoms with Gasteiger partial charge in [-0.05, 0) is 69.1 Å². The van der Waals surface area contributed by atoms with Gasteiger partial charge in [0.2, 0.25) is 0 Å². The van der Waals surface area contributed by atoms with Crippen LogP contribution in [0.1, 0.15) is 96.0 Å². The minimum Gasteiger partial charge on any atom is -0.453 e. The zero-order chi connectivity index (χ0) is 24.5. The third-order valence-electron chi connectivity index (χ3n) is 9.94. The van der Waals surface area contributed by atoms with E-state index in [-0.39, 0.29) is 29.4 Å². The number of amides is 1. The predicted molar refractivity (Wildman–Crippen MR) is 129 cm³/mol. The molecule has 6 nitrogen and oxygen atoms in total. The van der Waals surface area contributed by atoms with Crippen LogP contribution in [0.2, 0.25) is 0 Å². The van der Waals surface area contributed by atoms with E-state index in [2.05, 4.69) is 26.0 Å². The van der Waals surface area contributed by atoms with Crippen LogP contribution in [0.25, 0.3) is 0 Å². The largest absolute Gasteiger partial charge is 0.453 e. The second-order valence-corrected chi connectivity index (χ2v) is 11.3. The van der Waals surface area contributed by atoms with E-state index in [0.717, 1.165) is 69.8 Å². The Bertz CT molecular complexity index is 894. The molecule has 1 heterocycles. The highest BCUT2D eigenvalue weighted by Gasteiger charge is 2.63. The molecule has 1 N–H and O–H groups in total. The number of carbonyl (C=O) groups excluding carboxylic acids is 1. The molecule has 4 rings (SSSR count). The average Bonchev–Trinajstić information content (AvgIpc) is 3.13. The number of rotatable bonds is 6. The van der Waals surface area contributed by atoms with Crippen molar-refractivity contribution in [2.75, 3.05) is 14.2 Å². The molecule has 0 radical (unpaired) electrons. The topological polar surface area (TPSA) is 80.0 Å². The minimum absolute atomic E-state index is 0.131. The first-order chi connectivity index (χ1) is 16.2. The molecule has 3 aliphatic rings. The van der Waals surface area contributed by atoms with Gasteiger partial charge in [-0.25, -0.2) is 9.59 Å². The molecule has 3 aliphatic carbocycles. The molecule has 1 aromatic rings. The molecule has 0 saturated heterocycles. The van der Waals surface area contributed by atoms with Crippen LogP contribution in [0.3, 0.4) is 0 Å². The number of hydrogen-bond acceptors (Lipinski definition) is 5. The normalized spacial score (nSPS) is 37.5. The number of hydrogen-bond donors (Lipinski definition) is 1. The number of fused-ring (bicyclic) bond motifs is 1. The Balaban J connectivity index is 1.49. The molecule has 0 spiro atoms. The number of ether oxygens (including phenoxy) is 1. The number of carbonyl (C=O) groups is 1. The highest BCUT2D eigenvalue weighted by atomic mass is 16.5. The highest BCUT2D eigenvalue weighted by Crippen LogP contribution is 2.65. The molecule has 3 unspecified atom stereocenters. The van der Waals surface area contributed by atoms with Crippen LogP contribution >= 0.6 is 0 Å². The average molecular weight is 472 g/mol. The van der Waals surface area contributed by atoms with Crippen molar-refractivity contribution in [2.24, 2.45) is 23.2 Å². The Kier molecular flexibility index (Phi) is 7.33. The van der Waals surface area contributed by atoms with Gasteiger partial charge in [0.1, 0.15) is 6.26 Å². The van der Waals surface area contributed by atoms with Crippen LogP contribution in [0, 0.1) is 35.3 Å². The maximum absolute atomic E-state index is 12.3. The Morgan fingerprint density at radius 1 is 1.24 bits per heavy atom. The lowest BCUT2D eigenvalue weighted by Gasteiger charge is -2.54. The first-order valence-electron chi connectivity index (χ1n) is 13.2. The lowest BCUT2D eigenvalue weighted by Crippen LogP contribution is -2.55. The van der Waals surface area contributed by atoms with Gasteiger partial charge in [-0.15, -0.1) is 0 Å². The van der Waals surface area contributed by atoms with Gasteiger partial charge in [0.15, 0.2) is 0 Å². The van der Waals surface area contributed by atoms with Gasteiger partial charge in [0.25, 0.3) is 0 Å².